The summed E-state index contributed by atoms with van der Waals surface area (Å²) in [5.41, 5.74) is 3.20. The molecule has 1 fully saturated rings. The number of ketones is 1. The monoisotopic (exact) mass is 308 g/mol. The fourth-order valence-corrected chi connectivity index (χ4v) is 3.92. The molecule has 4 nitrogen and oxygen atoms in total. The highest BCUT2D eigenvalue weighted by Crippen LogP contribution is 2.20. The van der Waals surface area contributed by atoms with Gasteiger partial charge in [0.1, 0.15) is 12.6 Å². The number of benzene rings is 1. The van der Waals surface area contributed by atoms with Gasteiger partial charge in [-0.05, 0) is 18.2 Å². The summed E-state index contributed by atoms with van der Waals surface area (Å²) in [5, 5.41) is 1.03. The predicted octanol–water partition coefficient (Wildman–Crippen LogP) is 2.11. The van der Waals surface area contributed by atoms with Crippen molar-refractivity contribution >= 4 is 16.7 Å². The molecular formula is C19H22N3O+. The maximum Gasteiger partial charge on any atom is 0.219 e. The fourth-order valence-electron chi connectivity index (χ4n) is 3.92. The van der Waals surface area contributed by atoms with Crippen molar-refractivity contribution in [3.63, 3.8) is 0 Å². The normalized spacial score (nSPS) is 21.1. The Morgan fingerprint density at radius 3 is 3.00 bits per heavy atom. The van der Waals surface area contributed by atoms with Crippen LogP contribution in [0.4, 0.5) is 0 Å². The number of nitrogens with one attached hydrogen (secondary N) is 2. The average Bonchev–Trinajstić information content (AvgIpc) is 3.26. The first-order valence-corrected chi connectivity index (χ1v) is 8.29. The van der Waals surface area contributed by atoms with E-state index in [4.69, 9.17) is 0 Å². The van der Waals surface area contributed by atoms with E-state index < -0.39 is 0 Å². The van der Waals surface area contributed by atoms with Crippen LogP contribution in [0.1, 0.15) is 34.9 Å². The molecule has 118 valence electrons. The zero-order chi connectivity index (χ0) is 15.8. The van der Waals surface area contributed by atoms with Crippen molar-refractivity contribution in [1.82, 2.24) is 9.55 Å². The van der Waals surface area contributed by atoms with Gasteiger partial charge in [0.25, 0.3) is 0 Å². The number of quaternary nitrogens is 1. The number of aromatic nitrogens is 2. The van der Waals surface area contributed by atoms with Gasteiger partial charge >= 0.3 is 0 Å². The van der Waals surface area contributed by atoms with Crippen LogP contribution in [-0.4, -0.2) is 28.4 Å². The van der Waals surface area contributed by atoms with E-state index in [1.807, 2.05) is 30.5 Å². The Kier molecular flexibility index (Phi) is 3.54. The van der Waals surface area contributed by atoms with Crippen LogP contribution in [0.15, 0.2) is 48.8 Å². The molecule has 0 spiro atoms. The molecular weight excluding hydrogens is 286 g/mol. The molecule has 2 aromatic heterocycles. The van der Waals surface area contributed by atoms with Crippen molar-refractivity contribution in [2.75, 3.05) is 13.1 Å². The number of carbonyl (C=O) groups is 1. The van der Waals surface area contributed by atoms with Crippen LogP contribution in [-0.2, 0) is 7.05 Å². The molecule has 0 bridgehead atoms. The molecule has 0 aliphatic carbocycles. The summed E-state index contributed by atoms with van der Waals surface area (Å²) in [4.78, 5) is 17.4. The average molecular weight is 308 g/mol. The number of aryl methyl sites for hydroxylation is 1. The summed E-state index contributed by atoms with van der Waals surface area (Å²) in [6, 6.07) is 12.7. The number of H-pyrrole nitrogens is 1. The van der Waals surface area contributed by atoms with Crippen LogP contribution in [0.3, 0.4) is 0 Å². The zero-order valence-electron chi connectivity index (χ0n) is 13.4. The molecule has 23 heavy (non-hydrogen) atoms. The molecule has 1 aliphatic heterocycles. The summed E-state index contributed by atoms with van der Waals surface area (Å²) >= 11 is 0. The SMILES string of the molecule is Cn1cccc1[C@H]1CCC[NH+]1CC(=O)c1c[nH]c2ccccc12. The second-order valence-corrected chi connectivity index (χ2v) is 6.49. The van der Waals surface area contributed by atoms with E-state index in [9.17, 15) is 4.79 Å². The molecule has 1 aliphatic rings. The summed E-state index contributed by atoms with van der Waals surface area (Å²) in [7, 11) is 2.09. The Hall–Kier alpha value is -2.33. The van der Waals surface area contributed by atoms with Gasteiger partial charge in [-0.25, -0.2) is 0 Å². The summed E-state index contributed by atoms with van der Waals surface area (Å²) in [6.45, 7) is 1.64. The largest absolute Gasteiger partial charge is 0.360 e. The van der Waals surface area contributed by atoms with Crippen LogP contribution < -0.4 is 4.90 Å². The lowest BCUT2D eigenvalue weighted by Crippen LogP contribution is -3.11. The lowest BCUT2D eigenvalue weighted by molar-refractivity contribution is -0.910. The fraction of sp³-hybridized carbons (Fsp3) is 0.316. The Labute approximate surface area is 135 Å². The second kappa shape index (κ2) is 5.70. The highest BCUT2D eigenvalue weighted by atomic mass is 16.1. The van der Waals surface area contributed by atoms with Crippen LogP contribution in [0.2, 0.25) is 0 Å². The molecule has 1 unspecified atom stereocenters. The molecule has 3 aromatic rings. The highest BCUT2D eigenvalue weighted by molar-refractivity contribution is 6.08. The molecule has 2 atom stereocenters. The van der Waals surface area contributed by atoms with Crippen molar-refractivity contribution in [3.05, 3.63) is 60.0 Å². The van der Waals surface area contributed by atoms with Crippen molar-refractivity contribution in [2.24, 2.45) is 7.05 Å². The van der Waals surface area contributed by atoms with Crippen molar-refractivity contribution in [2.45, 2.75) is 18.9 Å². The van der Waals surface area contributed by atoms with E-state index in [2.05, 4.69) is 34.9 Å². The van der Waals surface area contributed by atoms with E-state index in [-0.39, 0.29) is 5.78 Å². The van der Waals surface area contributed by atoms with E-state index >= 15 is 0 Å². The molecule has 1 saturated heterocycles. The lowest BCUT2D eigenvalue weighted by atomic mass is 10.1. The minimum absolute atomic E-state index is 0.235. The van der Waals surface area contributed by atoms with Gasteiger partial charge < -0.3 is 14.5 Å². The first kappa shape index (κ1) is 14.3. The van der Waals surface area contributed by atoms with Crippen LogP contribution >= 0.6 is 0 Å². The third-order valence-electron chi connectivity index (χ3n) is 5.10. The molecule has 3 heterocycles. The quantitative estimate of drug-likeness (QED) is 0.712. The van der Waals surface area contributed by atoms with E-state index in [0.717, 1.165) is 29.4 Å². The number of nitrogens with zero attached hydrogens (tertiary/aromatic N) is 1. The molecule has 0 radical (unpaired) electrons. The Balaban J connectivity index is 1.57. The van der Waals surface area contributed by atoms with Gasteiger partial charge in [-0.15, -0.1) is 0 Å². The maximum absolute atomic E-state index is 12.8. The van der Waals surface area contributed by atoms with Gasteiger partial charge in [0.05, 0.1) is 12.2 Å². The summed E-state index contributed by atoms with van der Waals surface area (Å²) in [6.07, 6.45) is 6.30. The molecule has 4 heteroatoms. The van der Waals surface area contributed by atoms with Crippen molar-refractivity contribution in [3.8, 4) is 0 Å². The van der Waals surface area contributed by atoms with Crippen LogP contribution in [0, 0.1) is 0 Å². The van der Waals surface area contributed by atoms with Gasteiger partial charge in [-0.3, -0.25) is 4.79 Å². The zero-order valence-corrected chi connectivity index (χ0v) is 13.4. The third-order valence-corrected chi connectivity index (χ3v) is 5.10. The smallest absolute Gasteiger partial charge is 0.219 e. The molecule has 1 aromatic carbocycles. The van der Waals surface area contributed by atoms with Crippen LogP contribution in [0.25, 0.3) is 10.9 Å². The number of rotatable bonds is 4. The van der Waals surface area contributed by atoms with Crippen molar-refractivity contribution in [1.29, 1.82) is 0 Å². The van der Waals surface area contributed by atoms with Crippen LogP contribution in [0.5, 0.6) is 0 Å². The van der Waals surface area contributed by atoms with E-state index in [1.54, 1.807) is 0 Å². The standard InChI is InChI=1S/C19H21N3O/c1-21-10-4-8-17(21)18-9-5-11-22(18)13-19(23)15-12-20-16-7-3-2-6-14(15)16/h2-4,6-8,10,12,18,20H,5,9,11,13H2,1H3/p+1/t18-/m1/s1. The minimum Gasteiger partial charge on any atom is -0.360 e. The number of Topliss-reactive ketones (excluding diaryl/α,β-unsaturated/α-hetero) is 1. The number of carbonyl (C=O) groups excluding carboxylic acids is 1. The number of fused-ring (bicyclic) bond motifs is 1. The minimum atomic E-state index is 0.235. The molecule has 0 saturated carbocycles. The van der Waals surface area contributed by atoms with Gasteiger partial charge in [-0.2, -0.15) is 0 Å². The third kappa shape index (κ3) is 2.49. The van der Waals surface area contributed by atoms with Gasteiger partial charge in [0, 0.05) is 48.7 Å². The Morgan fingerprint density at radius 1 is 1.30 bits per heavy atom. The van der Waals surface area contributed by atoms with Gasteiger partial charge in [-0.1, -0.05) is 18.2 Å². The number of para-hydroxylation sites is 1. The number of aromatic amines is 1. The molecule has 2 N–H and O–H groups in total. The first-order valence-electron chi connectivity index (χ1n) is 8.29. The first-order chi connectivity index (χ1) is 11.2. The molecule has 4 rings (SSSR count). The summed E-state index contributed by atoms with van der Waals surface area (Å²) < 4.78 is 2.19. The number of hydrogen-bond acceptors (Lipinski definition) is 1. The number of hydrogen-bond donors (Lipinski definition) is 2. The Bertz CT molecular complexity index is 845. The molecule has 0 amide bonds. The summed E-state index contributed by atoms with van der Waals surface area (Å²) in [5.74, 6) is 0.235. The highest BCUT2D eigenvalue weighted by Gasteiger charge is 2.33. The lowest BCUT2D eigenvalue weighted by Gasteiger charge is -2.21. The number of likely N-dealkylation sites (tertiary alicyclic amines) is 1. The van der Waals surface area contributed by atoms with Gasteiger partial charge in [0.2, 0.25) is 5.78 Å². The van der Waals surface area contributed by atoms with E-state index in [1.165, 1.54) is 17.0 Å². The predicted molar refractivity (Wildman–Crippen MR) is 90.7 cm³/mol. The van der Waals surface area contributed by atoms with Gasteiger partial charge in [0.15, 0.2) is 0 Å². The van der Waals surface area contributed by atoms with Crippen molar-refractivity contribution < 1.29 is 9.69 Å². The topological polar surface area (TPSA) is 42.2 Å². The van der Waals surface area contributed by atoms with E-state index in [0.29, 0.717) is 12.6 Å². The Morgan fingerprint density at radius 2 is 2.17 bits per heavy atom. The maximum atomic E-state index is 12.8. The second-order valence-electron chi connectivity index (χ2n) is 6.49.